The van der Waals surface area contributed by atoms with E-state index in [4.69, 9.17) is 9.40 Å². The van der Waals surface area contributed by atoms with Crippen molar-refractivity contribution in [2.24, 2.45) is 0 Å². The number of furan rings is 1. The van der Waals surface area contributed by atoms with Gasteiger partial charge in [-0.25, -0.2) is 0 Å². The first-order valence-corrected chi connectivity index (χ1v) is 12.4. The molecule has 1 N–H and O–H groups in total. The predicted molar refractivity (Wildman–Crippen MR) is 133 cm³/mol. The van der Waals surface area contributed by atoms with Crippen molar-refractivity contribution in [2.45, 2.75) is 29.4 Å². The molecule has 0 atom stereocenters. The maximum absolute atomic E-state index is 5.95. The molecule has 1 saturated heterocycles. The number of aromatic nitrogens is 1. The van der Waals surface area contributed by atoms with Crippen LogP contribution in [0, 0.1) is 0 Å². The number of hydrogen-bond acceptors (Lipinski definition) is 5. The third kappa shape index (κ3) is 3.91. The minimum atomic E-state index is 0.782. The Morgan fingerprint density at radius 3 is 2.56 bits per heavy atom. The van der Waals surface area contributed by atoms with E-state index in [2.05, 4.69) is 64.8 Å². The van der Waals surface area contributed by atoms with E-state index in [1.54, 1.807) is 0 Å². The molecule has 1 aliphatic carbocycles. The van der Waals surface area contributed by atoms with Crippen molar-refractivity contribution in [3.05, 3.63) is 67.1 Å². The van der Waals surface area contributed by atoms with Crippen molar-refractivity contribution in [3.63, 3.8) is 0 Å². The zero-order chi connectivity index (χ0) is 21.3. The zero-order valence-corrected chi connectivity index (χ0v) is 18.9. The van der Waals surface area contributed by atoms with Gasteiger partial charge in [0.2, 0.25) is 0 Å². The molecule has 2 aliphatic rings. The number of pyridine rings is 1. The lowest BCUT2D eigenvalue weighted by Crippen LogP contribution is -2.43. The van der Waals surface area contributed by atoms with Gasteiger partial charge in [-0.2, -0.15) is 0 Å². The monoisotopic (exact) mass is 441 g/mol. The molecule has 0 radical (unpaired) electrons. The minimum absolute atomic E-state index is 0.782. The van der Waals surface area contributed by atoms with Crippen molar-refractivity contribution < 1.29 is 4.42 Å². The first-order valence-electron chi connectivity index (χ1n) is 11.5. The van der Waals surface area contributed by atoms with Crippen molar-refractivity contribution >= 4 is 28.5 Å². The summed E-state index contributed by atoms with van der Waals surface area (Å²) in [7, 11) is 0. The Labute approximate surface area is 193 Å². The van der Waals surface area contributed by atoms with Gasteiger partial charge in [0.05, 0.1) is 0 Å². The SMILES string of the molecule is c1cc(SC2CCC2)cc(-c2coc3cc(-c4ccc(N5CCNCC5)cc4)cnc23)c1. The van der Waals surface area contributed by atoms with E-state index in [1.165, 1.54) is 35.4 Å². The van der Waals surface area contributed by atoms with Crippen molar-refractivity contribution in [2.75, 3.05) is 31.1 Å². The van der Waals surface area contributed by atoms with Crippen LogP contribution in [0.2, 0.25) is 0 Å². The number of anilines is 1. The Morgan fingerprint density at radius 1 is 0.938 bits per heavy atom. The quantitative estimate of drug-likeness (QED) is 0.398. The summed E-state index contributed by atoms with van der Waals surface area (Å²) in [6, 6.07) is 19.7. The average molecular weight is 442 g/mol. The summed E-state index contributed by atoms with van der Waals surface area (Å²) in [6.07, 6.45) is 7.86. The maximum Gasteiger partial charge on any atom is 0.153 e. The Balaban J connectivity index is 1.26. The van der Waals surface area contributed by atoms with Crippen molar-refractivity contribution in [3.8, 4) is 22.3 Å². The van der Waals surface area contributed by atoms with Crippen LogP contribution in [0.4, 0.5) is 5.69 Å². The van der Waals surface area contributed by atoms with Crippen LogP contribution in [0.5, 0.6) is 0 Å². The zero-order valence-electron chi connectivity index (χ0n) is 18.1. The summed E-state index contributed by atoms with van der Waals surface area (Å²) in [6.45, 7) is 4.21. The van der Waals surface area contributed by atoms with Crippen LogP contribution in [0.3, 0.4) is 0 Å². The van der Waals surface area contributed by atoms with Crippen LogP contribution in [0.15, 0.2) is 76.4 Å². The van der Waals surface area contributed by atoms with Gasteiger partial charge in [-0.1, -0.05) is 30.7 Å². The standard InChI is InChI=1S/C27H27N3OS/c1-3-20(15-24(6-1)32-23-4-2-5-23)25-18-31-26-16-21(17-29-27(25)26)19-7-9-22(10-8-19)30-13-11-28-12-14-30/h1,3,6-10,15-18,23,28H,2,4-5,11-14H2. The normalized spacial score (nSPS) is 16.9. The predicted octanol–water partition coefficient (Wildman–Crippen LogP) is 6.22. The molecule has 2 aromatic heterocycles. The highest BCUT2D eigenvalue weighted by atomic mass is 32.2. The van der Waals surface area contributed by atoms with E-state index >= 15 is 0 Å². The lowest BCUT2D eigenvalue weighted by Gasteiger charge is -2.29. The number of thioether (sulfide) groups is 1. The van der Waals surface area contributed by atoms with Gasteiger partial charge in [0.25, 0.3) is 0 Å². The number of piperazine rings is 1. The third-order valence-electron chi connectivity index (χ3n) is 6.59. The van der Waals surface area contributed by atoms with E-state index in [9.17, 15) is 0 Å². The van der Waals surface area contributed by atoms with Gasteiger partial charge in [0.1, 0.15) is 11.8 Å². The van der Waals surface area contributed by atoms with E-state index in [1.807, 2.05) is 24.2 Å². The molecule has 1 saturated carbocycles. The van der Waals surface area contributed by atoms with Gasteiger partial charge in [-0.05, 0) is 54.3 Å². The van der Waals surface area contributed by atoms with Crippen LogP contribution in [0.25, 0.3) is 33.4 Å². The molecule has 162 valence electrons. The largest absolute Gasteiger partial charge is 0.462 e. The highest BCUT2D eigenvalue weighted by molar-refractivity contribution is 8.00. The highest BCUT2D eigenvalue weighted by Gasteiger charge is 2.19. The molecule has 0 amide bonds. The molecule has 2 aromatic carbocycles. The molecule has 0 bridgehead atoms. The molecule has 6 rings (SSSR count). The Morgan fingerprint density at radius 2 is 1.78 bits per heavy atom. The van der Waals surface area contributed by atoms with E-state index < -0.39 is 0 Å². The second-order valence-electron chi connectivity index (χ2n) is 8.70. The van der Waals surface area contributed by atoms with Crippen LogP contribution in [-0.4, -0.2) is 36.4 Å². The highest BCUT2D eigenvalue weighted by Crippen LogP contribution is 2.39. The van der Waals surface area contributed by atoms with Gasteiger partial charge in [0.15, 0.2) is 5.58 Å². The smallest absolute Gasteiger partial charge is 0.153 e. The lowest BCUT2D eigenvalue weighted by atomic mass is 10.00. The minimum Gasteiger partial charge on any atom is -0.462 e. The summed E-state index contributed by atoms with van der Waals surface area (Å²) >= 11 is 2.00. The fraction of sp³-hybridized carbons (Fsp3) is 0.296. The van der Waals surface area contributed by atoms with Crippen LogP contribution in [0.1, 0.15) is 19.3 Å². The molecule has 1 aliphatic heterocycles. The summed E-state index contributed by atoms with van der Waals surface area (Å²) in [5, 5.41) is 4.19. The summed E-state index contributed by atoms with van der Waals surface area (Å²) in [4.78, 5) is 8.57. The van der Waals surface area contributed by atoms with Gasteiger partial charge in [-0.15, -0.1) is 11.8 Å². The third-order valence-corrected chi connectivity index (χ3v) is 7.93. The number of nitrogens with one attached hydrogen (secondary N) is 1. The lowest BCUT2D eigenvalue weighted by molar-refractivity contribution is 0.522. The fourth-order valence-electron chi connectivity index (χ4n) is 4.48. The van der Waals surface area contributed by atoms with Crippen LogP contribution in [-0.2, 0) is 0 Å². The molecule has 32 heavy (non-hydrogen) atoms. The molecule has 0 unspecified atom stereocenters. The van der Waals surface area contributed by atoms with Crippen molar-refractivity contribution in [1.29, 1.82) is 0 Å². The van der Waals surface area contributed by atoms with E-state index in [0.717, 1.165) is 59.2 Å². The average Bonchev–Trinajstić information content (AvgIpc) is 3.26. The molecule has 3 heterocycles. The van der Waals surface area contributed by atoms with Crippen LogP contribution >= 0.6 is 11.8 Å². The van der Waals surface area contributed by atoms with Gasteiger partial charge in [-0.3, -0.25) is 4.98 Å². The molecular weight excluding hydrogens is 414 g/mol. The first kappa shape index (κ1) is 19.9. The second kappa shape index (κ2) is 8.64. The number of fused-ring (bicyclic) bond motifs is 1. The summed E-state index contributed by atoms with van der Waals surface area (Å²) in [5.41, 5.74) is 7.53. The maximum atomic E-state index is 5.95. The first-order chi connectivity index (χ1) is 15.8. The Hall–Kier alpha value is -2.76. The Bertz CT molecular complexity index is 1220. The van der Waals surface area contributed by atoms with E-state index in [-0.39, 0.29) is 0 Å². The molecule has 0 spiro atoms. The number of nitrogens with zero attached hydrogens (tertiary/aromatic N) is 2. The van der Waals surface area contributed by atoms with Crippen molar-refractivity contribution in [1.82, 2.24) is 10.3 Å². The molecule has 5 heteroatoms. The fourth-order valence-corrected chi connectivity index (χ4v) is 5.79. The molecular formula is C27H27N3OS. The van der Waals surface area contributed by atoms with Gasteiger partial charge in [0, 0.05) is 59.3 Å². The summed E-state index contributed by atoms with van der Waals surface area (Å²) in [5.74, 6) is 0. The van der Waals surface area contributed by atoms with Gasteiger partial charge < -0.3 is 14.6 Å². The second-order valence-corrected chi connectivity index (χ2v) is 10.1. The van der Waals surface area contributed by atoms with Crippen LogP contribution < -0.4 is 10.2 Å². The topological polar surface area (TPSA) is 41.3 Å². The number of hydrogen-bond donors (Lipinski definition) is 1. The van der Waals surface area contributed by atoms with Gasteiger partial charge >= 0.3 is 0 Å². The number of rotatable bonds is 5. The number of benzene rings is 2. The molecule has 4 aromatic rings. The summed E-state index contributed by atoms with van der Waals surface area (Å²) < 4.78 is 5.95. The Kier molecular flexibility index (Phi) is 5.37. The molecule has 4 nitrogen and oxygen atoms in total. The molecule has 2 fully saturated rings. The van der Waals surface area contributed by atoms with E-state index in [0.29, 0.717) is 0 Å².